The van der Waals surface area contributed by atoms with E-state index in [0.29, 0.717) is 19.5 Å². The Hall–Kier alpha value is -2.36. The molecule has 0 saturated carbocycles. The number of nitrogens with one attached hydrogen (secondary N) is 1. The molecule has 0 aliphatic carbocycles. The topological polar surface area (TPSA) is 51.1 Å². The van der Waals surface area contributed by atoms with Gasteiger partial charge in [-0.05, 0) is 38.0 Å². The first-order chi connectivity index (χ1) is 10.5. The van der Waals surface area contributed by atoms with Gasteiger partial charge in [-0.15, -0.1) is 0 Å². The maximum Gasteiger partial charge on any atom is 0.250 e. The van der Waals surface area contributed by atoms with Crippen LogP contribution in [0.3, 0.4) is 0 Å². The van der Waals surface area contributed by atoms with Crippen LogP contribution in [0.15, 0.2) is 41.2 Å². The van der Waals surface area contributed by atoms with E-state index in [9.17, 15) is 9.59 Å². The number of nitrogens with zero attached hydrogens (tertiary/aromatic N) is 1. The number of hydrogen-bond acceptors (Lipinski definition) is 2. The van der Waals surface area contributed by atoms with E-state index < -0.39 is 0 Å². The highest BCUT2D eigenvalue weighted by Crippen LogP contribution is 2.10. The maximum absolute atomic E-state index is 12.0. The molecule has 1 aromatic carbocycles. The number of aryl methyl sites for hydroxylation is 3. The highest BCUT2D eigenvalue weighted by atomic mass is 16.1. The van der Waals surface area contributed by atoms with Crippen LogP contribution in [0.5, 0.6) is 0 Å². The first-order valence-electron chi connectivity index (χ1n) is 7.46. The second-order valence-corrected chi connectivity index (χ2v) is 5.61. The Bertz CT molecular complexity index is 732. The summed E-state index contributed by atoms with van der Waals surface area (Å²) in [5.74, 6) is -0.0453. The van der Waals surface area contributed by atoms with E-state index in [4.69, 9.17) is 0 Å². The smallest absolute Gasteiger partial charge is 0.250 e. The monoisotopic (exact) mass is 298 g/mol. The van der Waals surface area contributed by atoms with Gasteiger partial charge in [0.15, 0.2) is 0 Å². The zero-order valence-electron chi connectivity index (χ0n) is 13.3. The second kappa shape index (κ2) is 7.07. The first-order valence-corrected chi connectivity index (χ1v) is 7.46. The molecule has 22 heavy (non-hydrogen) atoms. The summed E-state index contributed by atoms with van der Waals surface area (Å²) < 4.78 is 1.62. The molecule has 0 bridgehead atoms. The molecule has 0 radical (unpaired) electrons. The van der Waals surface area contributed by atoms with Gasteiger partial charge >= 0.3 is 0 Å². The summed E-state index contributed by atoms with van der Waals surface area (Å²) in [5, 5.41) is 2.92. The van der Waals surface area contributed by atoms with Crippen LogP contribution in [-0.2, 0) is 17.9 Å². The molecule has 0 atom stereocenters. The molecule has 4 heteroatoms. The normalized spacial score (nSPS) is 10.5. The molecular weight excluding hydrogens is 276 g/mol. The Kier molecular flexibility index (Phi) is 5.15. The van der Waals surface area contributed by atoms with Crippen molar-refractivity contribution < 1.29 is 4.79 Å². The standard InChI is InChI=1S/C18H22N2O2/c1-13-7-8-14(2)16(11-13)12-19-17(21)9-10-20-15(3)5-4-6-18(20)22/h4-8,11H,9-10,12H2,1-3H3,(H,19,21). The number of pyridine rings is 1. The molecular formula is C18H22N2O2. The van der Waals surface area contributed by atoms with Crippen molar-refractivity contribution in [3.8, 4) is 0 Å². The van der Waals surface area contributed by atoms with Gasteiger partial charge in [0.25, 0.3) is 5.56 Å². The molecule has 0 spiro atoms. The van der Waals surface area contributed by atoms with Gasteiger partial charge in [0.1, 0.15) is 0 Å². The average molecular weight is 298 g/mol. The Morgan fingerprint density at radius 3 is 2.64 bits per heavy atom. The fraction of sp³-hybridized carbons (Fsp3) is 0.333. The van der Waals surface area contributed by atoms with E-state index in [1.54, 1.807) is 10.6 Å². The SMILES string of the molecule is Cc1ccc(C)c(CNC(=O)CCn2c(C)cccc2=O)c1. The first kappa shape index (κ1) is 16.0. The Morgan fingerprint density at radius 2 is 1.91 bits per heavy atom. The van der Waals surface area contributed by atoms with Gasteiger partial charge < -0.3 is 9.88 Å². The number of hydrogen-bond donors (Lipinski definition) is 1. The Morgan fingerprint density at radius 1 is 1.14 bits per heavy atom. The van der Waals surface area contributed by atoms with Crippen LogP contribution in [0.4, 0.5) is 0 Å². The van der Waals surface area contributed by atoms with Crippen molar-refractivity contribution >= 4 is 5.91 Å². The third-order valence-electron chi connectivity index (χ3n) is 3.81. The lowest BCUT2D eigenvalue weighted by molar-refractivity contribution is -0.121. The Balaban J connectivity index is 1.91. The van der Waals surface area contributed by atoms with E-state index in [1.165, 1.54) is 17.2 Å². The number of carbonyl (C=O) groups excluding carboxylic acids is 1. The minimum atomic E-state index is -0.0673. The zero-order chi connectivity index (χ0) is 16.1. The van der Waals surface area contributed by atoms with Crippen molar-refractivity contribution in [1.29, 1.82) is 0 Å². The molecule has 2 rings (SSSR count). The van der Waals surface area contributed by atoms with Crippen LogP contribution >= 0.6 is 0 Å². The second-order valence-electron chi connectivity index (χ2n) is 5.61. The number of carbonyl (C=O) groups is 1. The molecule has 116 valence electrons. The van der Waals surface area contributed by atoms with Gasteiger partial charge in [0, 0.05) is 31.3 Å². The molecule has 0 fully saturated rings. The predicted molar refractivity (Wildman–Crippen MR) is 87.8 cm³/mol. The van der Waals surface area contributed by atoms with Gasteiger partial charge in [0.2, 0.25) is 5.91 Å². The van der Waals surface area contributed by atoms with Gasteiger partial charge in [0.05, 0.1) is 0 Å². The zero-order valence-corrected chi connectivity index (χ0v) is 13.3. The molecule has 1 heterocycles. The van der Waals surface area contributed by atoms with Crippen molar-refractivity contribution in [2.24, 2.45) is 0 Å². The van der Waals surface area contributed by atoms with Crippen molar-refractivity contribution in [2.75, 3.05) is 0 Å². The number of rotatable bonds is 5. The molecule has 1 amide bonds. The van der Waals surface area contributed by atoms with Crippen molar-refractivity contribution in [3.63, 3.8) is 0 Å². The summed E-state index contributed by atoms with van der Waals surface area (Å²) >= 11 is 0. The van der Waals surface area contributed by atoms with Gasteiger partial charge in [-0.2, -0.15) is 0 Å². The maximum atomic E-state index is 12.0. The van der Waals surface area contributed by atoms with Crippen molar-refractivity contribution in [2.45, 2.75) is 40.3 Å². The molecule has 2 aromatic rings. The highest BCUT2D eigenvalue weighted by Gasteiger charge is 2.06. The quantitative estimate of drug-likeness (QED) is 0.922. The lowest BCUT2D eigenvalue weighted by atomic mass is 10.1. The molecule has 0 aliphatic heterocycles. The minimum Gasteiger partial charge on any atom is -0.352 e. The van der Waals surface area contributed by atoms with E-state index >= 15 is 0 Å². The summed E-state index contributed by atoms with van der Waals surface area (Å²) in [6, 6.07) is 11.3. The number of amides is 1. The molecule has 0 unspecified atom stereocenters. The summed E-state index contributed by atoms with van der Waals surface area (Å²) in [5.41, 5.74) is 4.28. The van der Waals surface area contributed by atoms with Gasteiger partial charge in [-0.3, -0.25) is 9.59 Å². The highest BCUT2D eigenvalue weighted by molar-refractivity contribution is 5.75. The lowest BCUT2D eigenvalue weighted by Gasteiger charge is -2.11. The number of benzene rings is 1. The molecule has 0 aliphatic rings. The van der Waals surface area contributed by atoms with Crippen LogP contribution in [0, 0.1) is 20.8 Å². The summed E-state index contributed by atoms with van der Waals surface area (Å²) in [7, 11) is 0. The van der Waals surface area contributed by atoms with E-state index in [2.05, 4.69) is 23.5 Å². The van der Waals surface area contributed by atoms with Gasteiger partial charge in [-0.25, -0.2) is 0 Å². The van der Waals surface area contributed by atoms with Crippen LogP contribution in [0.1, 0.15) is 28.8 Å². The van der Waals surface area contributed by atoms with E-state index in [-0.39, 0.29) is 11.5 Å². The largest absolute Gasteiger partial charge is 0.352 e. The van der Waals surface area contributed by atoms with E-state index in [0.717, 1.165) is 11.3 Å². The van der Waals surface area contributed by atoms with Crippen LogP contribution in [-0.4, -0.2) is 10.5 Å². The number of aromatic nitrogens is 1. The Labute approximate surface area is 130 Å². The molecule has 1 aromatic heterocycles. The van der Waals surface area contributed by atoms with Crippen molar-refractivity contribution in [3.05, 3.63) is 69.1 Å². The molecule has 4 nitrogen and oxygen atoms in total. The summed E-state index contributed by atoms with van der Waals surface area (Å²) in [6.45, 7) is 6.87. The lowest BCUT2D eigenvalue weighted by Crippen LogP contribution is -2.27. The average Bonchev–Trinajstić information content (AvgIpc) is 2.47. The summed E-state index contributed by atoms with van der Waals surface area (Å²) in [4.78, 5) is 23.7. The van der Waals surface area contributed by atoms with Crippen LogP contribution in [0.25, 0.3) is 0 Å². The van der Waals surface area contributed by atoms with Gasteiger partial charge in [-0.1, -0.05) is 29.8 Å². The third kappa shape index (κ3) is 4.07. The molecule has 0 saturated heterocycles. The van der Waals surface area contributed by atoms with Crippen LogP contribution in [0.2, 0.25) is 0 Å². The van der Waals surface area contributed by atoms with Crippen molar-refractivity contribution in [1.82, 2.24) is 9.88 Å². The minimum absolute atomic E-state index is 0.0453. The molecule has 1 N–H and O–H groups in total. The van der Waals surface area contributed by atoms with E-state index in [1.807, 2.05) is 26.8 Å². The van der Waals surface area contributed by atoms with Crippen LogP contribution < -0.4 is 10.9 Å². The third-order valence-corrected chi connectivity index (χ3v) is 3.81. The fourth-order valence-corrected chi connectivity index (χ4v) is 2.40. The fourth-order valence-electron chi connectivity index (χ4n) is 2.40. The summed E-state index contributed by atoms with van der Waals surface area (Å²) in [6.07, 6.45) is 0.301. The predicted octanol–water partition coefficient (Wildman–Crippen LogP) is 2.48.